The van der Waals surface area contributed by atoms with Crippen LogP contribution in [0.4, 0.5) is 4.79 Å². The Morgan fingerprint density at radius 2 is 1.71 bits per heavy atom. The van der Waals surface area contributed by atoms with Gasteiger partial charge in [-0.05, 0) is 37.0 Å². The Morgan fingerprint density at radius 1 is 1.14 bits per heavy atom. The molecule has 0 bridgehead atoms. The molecule has 28 heavy (non-hydrogen) atoms. The number of hydrogen-bond acceptors (Lipinski definition) is 4. The standard InChI is InChI=1S/C19H30N4O4S/c1-5-14(2)16-6-8-17(9-7-16)28(26,27)23-12-10-22(11-13-23)15(3)18(24)21-19(25)20-4/h6-9,14-15H,5,10-13H2,1-4H3,(H2,20,21,24,25)/p+1/t14-,15+/m0/s1. The molecule has 0 radical (unpaired) electrons. The number of piperazine rings is 1. The summed E-state index contributed by atoms with van der Waals surface area (Å²) in [5.41, 5.74) is 1.13. The van der Waals surface area contributed by atoms with Crippen molar-refractivity contribution in [3.63, 3.8) is 0 Å². The number of carbonyl (C=O) groups excluding carboxylic acids is 2. The molecular formula is C19H31N4O4S+. The fraction of sp³-hybridized carbons (Fsp3) is 0.579. The maximum Gasteiger partial charge on any atom is 0.321 e. The molecule has 1 aromatic carbocycles. The van der Waals surface area contributed by atoms with Crippen LogP contribution in [0.1, 0.15) is 38.7 Å². The third kappa shape index (κ3) is 5.09. The van der Waals surface area contributed by atoms with Gasteiger partial charge in [0.25, 0.3) is 5.91 Å². The van der Waals surface area contributed by atoms with Gasteiger partial charge in [0.05, 0.1) is 31.1 Å². The van der Waals surface area contributed by atoms with E-state index in [1.807, 2.05) is 12.1 Å². The molecule has 1 heterocycles. The fourth-order valence-electron chi connectivity index (χ4n) is 3.27. The van der Waals surface area contributed by atoms with Gasteiger partial charge in [0, 0.05) is 7.05 Å². The van der Waals surface area contributed by atoms with Crippen molar-refractivity contribution in [3.05, 3.63) is 29.8 Å². The zero-order valence-electron chi connectivity index (χ0n) is 17.0. The second-order valence-corrected chi connectivity index (χ2v) is 9.17. The number of carbonyl (C=O) groups is 2. The van der Waals surface area contributed by atoms with Gasteiger partial charge < -0.3 is 10.2 Å². The molecule has 0 spiro atoms. The van der Waals surface area contributed by atoms with E-state index in [1.54, 1.807) is 19.1 Å². The lowest BCUT2D eigenvalue weighted by Crippen LogP contribution is -3.19. The highest BCUT2D eigenvalue weighted by Crippen LogP contribution is 2.22. The van der Waals surface area contributed by atoms with Crippen molar-refractivity contribution in [1.82, 2.24) is 14.9 Å². The summed E-state index contributed by atoms with van der Waals surface area (Å²) in [5.74, 6) is 0.0256. The molecule has 9 heteroatoms. The summed E-state index contributed by atoms with van der Waals surface area (Å²) in [6.45, 7) is 7.65. The normalized spacial score (nSPS) is 18.3. The number of benzene rings is 1. The molecule has 1 aliphatic rings. The number of urea groups is 1. The summed E-state index contributed by atoms with van der Waals surface area (Å²) in [5, 5.41) is 4.62. The van der Waals surface area contributed by atoms with E-state index in [-0.39, 0.29) is 5.91 Å². The summed E-state index contributed by atoms with van der Waals surface area (Å²) in [6, 6.07) is 6.14. The lowest BCUT2D eigenvalue weighted by molar-refractivity contribution is -0.917. The van der Waals surface area contributed by atoms with E-state index in [1.165, 1.54) is 11.4 Å². The maximum atomic E-state index is 12.9. The SMILES string of the molecule is CC[C@H](C)c1ccc(S(=O)(=O)N2CC[NH+]([C@H](C)C(=O)NC(=O)NC)CC2)cc1. The van der Waals surface area contributed by atoms with E-state index in [2.05, 4.69) is 24.5 Å². The van der Waals surface area contributed by atoms with Gasteiger partial charge in [-0.2, -0.15) is 4.31 Å². The van der Waals surface area contributed by atoms with Crippen molar-refractivity contribution in [2.24, 2.45) is 0 Å². The van der Waals surface area contributed by atoms with Crippen LogP contribution in [-0.2, 0) is 14.8 Å². The van der Waals surface area contributed by atoms with Crippen molar-refractivity contribution >= 4 is 22.0 Å². The Balaban J connectivity index is 1.99. The minimum absolute atomic E-state index is 0.299. The number of amides is 3. The maximum absolute atomic E-state index is 12.9. The average molecular weight is 412 g/mol. The number of rotatable bonds is 6. The van der Waals surface area contributed by atoms with Gasteiger partial charge in [-0.15, -0.1) is 0 Å². The zero-order valence-corrected chi connectivity index (χ0v) is 17.8. The molecule has 1 fully saturated rings. The quantitative estimate of drug-likeness (QED) is 0.610. The van der Waals surface area contributed by atoms with Crippen LogP contribution in [0.2, 0.25) is 0 Å². The Labute approximate surface area is 167 Å². The summed E-state index contributed by atoms with van der Waals surface area (Å²) >= 11 is 0. The Bertz CT molecular complexity index is 787. The molecule has 0 saturated carbocycles. The molecule has 2 atom stereocenters. The molecular weight excluding hydrogens is 380 g/mol. The number of nitrogens with zero attached hydrogens (tertiary/aromatic N) is 1. The van der Waals surface area contributed by atoms with Gasteiger partial charge >= 0.3 is 6.03 Å². The first-order valence-electron chi connectivity index (χ1n) is 9.68. The Morgan fingerprint density at radius 3 is 2.21 bits per heavy atom. The molecule has 1 aromatic rings. The first kappa shape index (κ1) is 22.3. The van der Waals surface area contributed by atoms with E-state index in [4.69, 9.17) is 0 Å². The van der Waals surface area contributed by atoms with Crippen LogP contribution < -0.4 is 15.5 Å². The summed E-state index contributed by atoms with van der Waals surface area (Å²) in [6.07, 6.45) is 1.00. The lowest BCUT2D eigenvalue weighted by atomic mass is 9.99. The lowest BCUT2D eigenvalue weighted by Gasteiger charge is -2.34. The summed E-state index contributed by atoms with van der Waals surface area (Å²) in [7, 11) is -2.10. The fourth-order valence-corrected chi connectivity index (χ4v) is 4.71. The number of nitrogens with one attached hydrogen (secondary N) is 3. The minimum atomic E-state index is -3.55. The molecule has 0 unspecified atom stereocenters. The largest absolute Gasteiger partial charge is 0.341 e. The monoisotopic (exact) mass is 411 g/mol. The molecule has 0 aromatic heterocycles. The van der Waals surface area contributed by atoms with Crippen LogP contribution in [0.3, 0.4) is 0 Å². The van der Waals surface area contributed by atoms with Crippen molar-refractivity contribution < 1.29 is 22.9 Å². The number of hydrogen-bond donors (Lipinski definition) is 3. The number of sulfonamides is 1. The molecule has 156 valence electrons. The Kier molecular flexibility index (Phi) is 7.56. The van der Waals surface area contributed by atoms with Gasteiger partial charge in [-0.3, -0.25) is 10.1 Å². The van der Waals surface area contributed by atoms with Crippen LogP contribution in [-0.4, -0.2) is 63.9 Å². The topological polar surface area (TPSA) is 100 Å². The van der Waals surface area contributed by atoms with E-state index in [0.29, 0.717) is 37.0 Å². The van der Waals surface area contributed by atoms with E-state index in [0.717, 1.165) is 16.9 Å². The number of quaternary nitrogens is 1. The highest BCUT2D eigenvalue weighted by Gasteiger charge is 2.34. The third-order valence-electron chi connectivity index (χ3n) is 5.53. The Hall–Kier alpha value is -1.97. The predicted octanol–water partition coefficient (Wildman–Crippen LogP) is -0.0666. The number of imide groups is 1. The van der Waals surface area contributed by atoms with Crippen LogP contribution in [0.5, 0.6) is 0 Å². The molecule has 3 amide bonds. The van der Waals surface area contributed by atoms with E-state index >= 15 is 0 Å². The van der Waals surface area contributed by atoms with Crippen molar-refractivity contribution in [2.75, 3.05) is 33.2 Å². The molecule has 1 aliphatic heterocycles. The van der Waals surface area contributed by atoms with Crippen LogP contribution in [0.15, 0.2) is 29.2 Å². The van der Waals surface area contributed by atoms with Gasteiger partial charge in [0.1, 0.15) is 0 Å². The minimum Gasteiger partial charge on any atom is -0.341 e. The summed E-state index contributed by atoms with van der Waals surface area (Å²) in [4.78, 5) is 24.7. The second kappa shape index (κ2) is 9.49. The molecule has 1 saturated heterocycles. The van der Waals surface area contributed by atoms with Crippen LogP contribution in [0, 0.1) is 0 Å². The molecule has 3 N–H and O–H groups in total. The van der Waals surface area contributed by atoms with Crippen molar-refractivity contribution in [1.29, 1.82) is 0 Å². The zero-order chi connectivity index (χ0) is 20.9. The van der Waals surface area contributed by atoms with Crippen LogP contribution >= 0.6 is 0 Å². The molecule has 0 aliphatic carbocycles. The predicted molar refractivity (Wildman–Crippen MR) is 107 cm³/mol. The highest BCUT2D eigenvalue weighted by molar-refractivity contribution is 7.89. The van der Waals surface area contributed by atoms with E-state index in [9.17, 15) is 18.0 Å². The van der Waals surface area contributed by atoms with Crippen LogP contribution in [0.25, 0.3) is 0 Å². The van der Waals surface area contributed by atoms with Crippen molar-refractivity contribution in [3.8, 4) is 0 Å². The van der Waals surface area contributed by atoms with Crippen molar-refractivity contribution in [2.45, 2.75) is 44.0 Å². The highest BCUT2D eigenvalue weighted by atomic mass is 32.2. The first-order valence-corrected chi connectivity index (χ1v) is 11.1. The third-order valence-corrected chi connectivity index (χ3v) is 7.45. The second-order valence-electron chi connectivity index (χ2n) is 7.23. The smallest absolute Gasteiger partial charge is 0.321 e. The first-order chi connectivity index (χ1) is 13.2. The van der Waals surface area contributed by atoms with Gasteiger partial charge in [-0.1, -0.05) is 26.0 Å². The van der Waals surface area contributed by atoms with Gasteiger partial charge in [0.15, 0.2) is 6.04 Å². The van der Waals surface area contributed by atoms with Gasteiger partial charge in [-0.25, -0.2) is 13.2 Å². The molecule has 2 rings (SSSR count). The average Bonchev–Trinajstić information content (AvgIpc) is 2.72. The van der Waals surface area contributed by atoms with Gasteiger partial charge in [0.2, 0.25) is 10.0 Å². The van der Waals surface area contributed by atoms with E-state index < -0.39 is 22.1 Å². The summed E-state index contributed by atoms with van der Waals surface area (Å²) < 4.78 is 27.3. The molecule has 8 nitrogen and oxygen atoms in total.